The highest BCUT2D eigenvalue weighted by Gasteiger charge is 2.28. The van der Waals surface area contributed by atoms with Gasteiger partial charge in [0.25, 0.3) is 0 Å². The topological polar surface area (TPSA) is 74.6 Å². The standard InChI is InChI=1S/C29H32O4/c1-6-12-23-24(29(3,4)5)17-18(7-2)25(19-13-8-10-15-21(19)27(30)31)26(23)20-14-9-11-16-22(20)28(32)33/h8-11,13-17H,6-7,12H2,1-5H3,(H,30,31)(H,32,33). The molecule has 2 N–H and O–H groups in total. The molecule has 0 aliphatic heterocycles. The minimum atomic E-state index is -0.998. The summed E-state index contributed by atoms with van der Waals surface area (Å²) < 4.78 is 0. The van der Waals surface area contributed by atoms with Crippen molar-refractivity contribution < 1.29 is 19.8 Å². The number of rotatable bonds is 7. The van der Waals surface area contributed by atoms with Crippen molar-refractivity contribution in [2.45, 2.75) is 59.3 Å². The summed E-state index contributed by atoms with van der Waals surface area (Å²) in [5.74, 6) is -1.99. The van der Waals surface area contributed by atoms with E-state index in [9.17, 15) is 19.8 Å². The zero-order valence-corrected chi connectivity index (χ0v) is 20.0. The molecule has 0 unspecified atom stereocenters. The smallest absolute Gasteiger partial charge is 0.336 e. The maximum Gasteiger partial charge on any atom is 0.336 e. The van der Waals surface area contributed by atoms with Crippen molar-refractivity contribution in [3.8, 4) is 22.3 Å². The van der Waals surface area contributed by atoms with Crippen LogP contribution >= 0.6 is 0 Å². The van der Waals surface area contributed by atoms with Crippen molar-refractivity contribution in [1.82, 2.24) is 0 Å². The maximum absolute atomic E-state index is 12.2. The van der Waals surface area contributed by atoms with Gasteiger partial charge in [-0.1, -0.05) is 83.5 Å². The van der Waals surface area contributed by atoms with E-state index in [2.05, 4.69) is 40.7 Å². The van der Waals surface area contributed by atoms with Crippen LogP contribution in [0.1, 0.15) is 78.4 Å². The lowest BCUT2D eigenvalue weighted by atomic mass is 9.74. The van der Waals surface area contributed by atoms with Crippen molar-refractivity contribution in [2.75, 3.05) is 0 Å². The highest BCUT2D eigenvalue weighted by molar-refractivity contribution is 6.04. The SMILES string of the molecule is CCCc1c(C(C)(C)C)cc(CC)c(-c2ccccc2C(=O)O)c1-c1ccccc1C(=O)O. The molecule has 0 fully saturated rings. The summed E-state index contributed by atoms with van der Waals surface area (Å²) in [6.45, 7) is 10.7. The number of aryl methyl sites for hydroxylation is 1. The molecule has 3 aromatic rings. The molecule has 0 aliphatic carbocycles. The van der Waals surface area contributed by atoms with Crippen molar-refractivity contribution in [1.29, 1.82) is 0 Å². The Morgan fingerprint density at radius 3 is 1.70 bits per heavy atom. The highest BCUT2D eigenvalue weighted by Crippen LogP contribution is 2.45. The lowest BCUT2D eigenvalue weighted by Crippen LogP contribution is -2.17. The van der Waals surface area contributed by atoms with Crippen LogP contribution in [0.25, 0.3) is 22.3 Å². The summed E-state index contributed by atoms with van der Waals surface area (Å²) in [6, 6.07) is 16.2. The van der Waals surface area contributed by atoms with Gasteiger partial charge in [-0.3, -0.25) is 0 Å². The fourth-order valence-corrected chi connectivity index (χ4v) is 4.62. The second kappa shape index (κ2) is 9.62. The zero-order chi connectivity index (χ0) is 24.3. The summed E-state index contributed by atoms with van der Waals surface area (Å²) in [7, 11) is 0. The molecule has 4 heteroatoms. The first kappa shape index (κ1) is 24.2. The van der Waals surface area contributed by atoms with Gasteiger partial charge >= 0.3 is 11.9 Å². The number of benzene rings is 3. The largest absolute Gasteiger partial charge is 0.478 e. The Labute approximate surface area is 195 Å². The summed E-state index contributed by atoms with van der Waals surface area (Å²) in [4.78, 5) is 24.4. The van der Waals surface area contributed by atoms with Gasteiger partial charge in [-0.15, -0.1) is 0 Å². The normalized spacial score (nSPS) is 11.4. The van der Waals surface area contributed by atoms with Crippen molar-refractivity contribution in [2.24, 2.45) is 0 Å². The molecule has 172 valence electrons. The maximum atomic E-state index is 12.2. The fraction of sp³-hybridized carbons (Fsp3) is 0.310. The molecule has 0 radical (unpaired) electrons. The van der Waals surface area contributed by atoms with Gasteiger partial charge in [0.15, 0.2) is 0 Å². The van der Waals surface area contributed by atoms with Gasteiger partial charge in [0, 0.05) is 0 Å². The zero-order valence-electron chi connectivity index (χ0n) is 20.0. The van der Waals surface area contributed by atoms with Gasteiger partial charge in [0.2, 0.25) is 0 Å². The number of carboxylic acid groups (broad SMARTS) is 2. The Balaban J connectivity index is 2.63. The van der Waals surface area contributed by atoms with Crippen LogP contribution in [-0.2, 0) is 18.3 Å². The Kier molecular flexibility index (Phi) is 7.06. The summed E-state index contributed by atoms with van der Waals surface area (Å²) in [6.07, 6.45) is 2.35. The fourth-order valence-electron chi connectivity index (χ4n) is 4.62. The first-order valence-electron chi connectivity index (χ1n) is 11.5. The molecule has 0 saturated heterocycles. The van der Waals surface area contributed by atoms with Crippen LogP contribution in [0.2, 0.25) is 0 Å². The number of carboxylic acids is 2. The highest BCUT2D eigenvalue weighted by atomic mass is 16.4. The molecule has 0 aliphatic rings. The monoisotopic (exact) mass is 444 g/mol. The van der Waals surface area contributed by atoms with Gasteiger partial charge in [-0.25, -0.2) is 9.59 Å². The van der Waals surface area contributed by atoms with E-state index in [-0.39, 0.29) is 16.5 Å². The Morgan fingerprint density at radius 1 is 0.788 bits per heavy atom. The van der Waals surface area contributed by atoms with Gasteiger partial charge in [-0.05, 0) is 69.3 Å². The van der Waals surface area contributed by atoms with Crippen LogP contribution in [0.5, 0.6) is 0 Å². The van der Waals surface area contributed by atoms with E-state index >= 15 is 0 Å². The number of hydrogen-bond donors (Lipinski definition) is 2. The number of aromatic carboxylic acids is 2. The summed E-state index contributed by atoms with van der Waals surface area (Å²) in [5.41, 5.74) is 6.46. The molecule has 0 aromatic heterocycles. The molecule has 0 saturated carbocycles. The van der Waals surface area contributed by atoms with E-state index in [1.54, 1.807) is 24.3 Å². The van der Waals surface area contributed by atoms with Crippen LogP contribution in [0.4, 0.5) is 0 Å². The van der Waals surface area contributed by atoms with E-state index in [4.69, 9.17) is 0 Å². The Morgan fingerprint density at radius 2 is 1.27 bits per heavy atom. The van der Waals surface area contributed by atoms with Gasteiger partial charge < -0.3 is 10.2 Å². The van der Waals surface area contributed by atoms with Gasteiger partial charge in [0.05, 0.1) is 11.1 Å². The molecule has 0 bridgehead atoms. The molecule has 33 heavy (non-hydrogen) atoms. The number of carbonyl (C=O) groups is 2. The molecule has 3 rings (SSSR count). The second-order valence-electron chi connectivity index (χ2n) is 9.37. The van der Waals surface area contributed by atoms with E-state index in [0.29, 0.717) is 17.5 Å². The molecular weight excluding hydrogens is 412 g/mol. The molecule has 3 aromatic carbocycles. The van der Waals surface area contributed by atoms with Gasteiger partial charge in [-0.2, -0.15) is 0 Å². The predicted octanol–water partition coefficient (Wildman–Crippen LogP) is 7.23. The predicted molar refractivity (Wildman–Crippen MR) is 133 cm³/mol. The third-order valence-corrected chi connectivity index (χ3v) is 6.06. The van der Waals surface area contributed by atoms with Crippen LogP contribution in [-0.4, -0.2) is 22.2 Å². The van der Waals surface area contributed by atoms with E-state index in [0.717, 1.165) is 35.1 Å². The minimum Gasteiger partial charge on any atom is -0.478 e. The Hall–Kier alpha value is -3.40. The third-order valence-electron chi connectivity index (χ3n) is 6.06. The molecule has 0 atom stereocenters. The lowest BCUT2D eigenvalue weighted by molar-refractivity contribution is 0.0686. The minimum absolute atomic E-state index is 0.161. The third kappa shape index (κ3) is 4.70. The number of hydrogen-bond acceptors (Lipinski definition) is 2. The molecule has 0 amide bonds. The second-order valence-corrected chi connectivity index (χ2v) is 9.37. The first-order chi connectivity index (χ1) is 15.6. The van der Waals surface area contributed by atoms with E-state index < -0.39 is 11.9 Å². The van der Waals surface area contributed by atoms with Gasteiger partial charge in [0.1, 0.15) is 0 Å². The van der Waals surface area contributed by atoms with Crippen LogP contribution in [0, 0.1) is 0 Å². The van der Waals surface area contributed by atoms with E-state index in [1.807, 2.05) is 24.3 Å². The summed E-state index contributed by atoms with van der Waals surface area (Å²) >= 11 is 0. The van der Waals surface area contributed by atoms with E-state index in [1.165, 1.54) is 5.56 Å². The van der Waals surface area contributed by atoms with Crippen molar-refractivity contribution in [3.63, 3.8) is 0 Å². The average Bonchev–Trinajstić information content (AvgIpc) is 2.77. The molecule has 0 heterocycles. The molecule has 0 spiro atoms. The van der Waals surface area contributed by atoms with Crippen molar-refractivity contribution >= 4 is 11.9 Å². The average molecular weight is 445 g/mol. The first-order valence-corrected chi connectivity index (χ1v) is 11.5. The quantitative estimate of drug-likeness (QED) is 0.403. The lowest BCUT2D eigenvalue weighted by Gasteiger charge is -2.30. The van der Waals surface area contributed by atoms with Crippen LogP contribution in [0.3, 0.4) is 0 Å². The Bertz CT molecular complexity index is 1200. The van der Waals surface area contributed by atoms with Crippen molar-refractivity contribution in [3.05, 3.63) is 82.4 Å². The summed E-state index contributed by atoms with van der Waals surface area (Å²) in [5, 5.41) is 20.0. The molecule has 4 nitrogen and oxygen atoms in total. The van der Waals surface area contributed by atoms with Crippen LogP contribution in [0.15, 0.2) is 54.6 Å². The van der Waals surface area contributed by atoms with Crippen LogP contribution < -0.4 is 0 Å². The molecular formula is C29H32O4.